The van der Waals surface area contributed by atoms with Gasteiger partial charge in [-0.25, -0.2) is 0 Å². The van der Waals surface area contributed by atoms with Gasteiger partial charge < -0.3 is 5.11 Å². The zero-order valence-electron chi connectivity index (χ0n) is 12.4. The van der Waals surface area contributed by atoms with Crippen LogP contribution in [0.15, 0.2) is 0 Å². The maximum atomic E-state index is 10.3. The van der Waals surface area contributed by atoms with Gasteiger partial charge in [-0.1, -0.05) is 13.8 Å². The van der Waals surface area contributed by atoms with Crippen LogP contribution in [0.2, 0.25) is 0 Å². The van der Waals surface area contributed by atoms with E-state index in [1.165, 1.54) is 38.5 Å². The van der Waals surface area contributed by atoms with E-state index < -0.39 is 0 Å². The van der Waals surface area contributed by atoms with E-state index in [4.69, 9.17) is 0 Å². The van der Waals surface area contributed by atoms with E-state index in [9.17, 15) is 5.11 Å². The molecule has 3 fully saturated rings. The summed E-state index contributed by atoms with van der Waals surface area (Å²) in [5.74, 6) is 3.77. The largest absolute Gasteiger partial charge is 0.390 e. The van der Waals surface area contributed by atoms with Crippen LogP contribution in [-0.2, 0) is 0 Å². The molecule has 0 spiro atoms. The molecular formula is C17H30O. The molecule has 0 aliphatic heterocycles. The third kappa shape index (κ3) is 2.35. The summed E-state index contributed by atoms with van der Waals surface area (Å²) in [6, 6.07) is 0. The molecule has 1 N–H and O–H groups in total. The summed E-state index contributed by atoms with van der Waals surface area (Å²) in [6.45, 7) is 6.97. The molecule has 1 nitrogen and oxygen atoms in total. The van der Waals surface area contributed by atoms with Crippen molar-refractivity contribution in [2.45, 2.75) is 77.7 Å². The average molecular weight is 250 g/mol. The molecule has 3 saturated carbocycles. The highest BCUT2D eigenvalue weighted by molar-refractivity contribution is 4.98. The van der Waals surface area contributed by atoms with Gasteiger partial charge in [-0.2, -0.15) is 0 Å². The Hall–Kier alpha value is -0.0400. The molecule has 104 valence electrons. The van der Waals surface area contributed by atoms with Crippen LogP contribution >= 0.6 is 0 Å². The van der Waals surface area contributed by atoms with E-state index in [1.807, 2.05) is 0 Å². The van der Waals surface area contributed by atoms with Crippen LogP contribution in [0.1, 0.15) is 72.1 Å². The van der Waals surface area contributed by atoms with Gasteiger partial charge in [0.15, 0.2) is 0 Å². The Kier molecular flexibility index (Phi) is 3.05. The van der Waals surface area contributed by atoms with Gasteiger partial charge in [-0.05, 0) is 87.4 Å². The molecule has 0 heterocycles. The molecule has 0 amide bonds. The Morgan fingerprint density at radius 1 is 0.778 bits per heavy atom. The summed E-state index contributed by atoms with van der Waals surface area (Å²) in [4.78, 5) is 0. The van der Waals surface area contributed by atoms with Crippen LogP contribution in [0.3, 0.4) is 0 Å². The van der Waals surface area contributed by atoms with Gasteiger partial charge >= 0.3 is 0 Å². The van der Waals surface area contributed by atoms with E-state index in [0.29, 0.717) is 5.41 Å². The smallest absolute Gasteiger partial charge is 0.0622 e. The minimum absolute atomic E-state index is 0.359. The van der Waals surface area contributed by atoms with Crippen molar-refractivity contribution < 1.29 is 5.11 Å². The quantitative estimate of drug-likeness (QED) is 0.676. The van der Waals surface area contributed by atoms with Gasteiger partial charge in [-0.3, -0.25) is 0 Å². The summed E-state index contributed by atoms with van der Waals surface area (Å²) in [5, 5.41) is 10.3. The molecule has 0 aromatic heterocycles. The third-order valence-corrected chi connectivity index (χ3v) is 6.36. The maximum Gasteiger partial charge on any atom is 0.0622 e. The number of fused-ring (bicyclic) bond motifs is 3. The van der Waals surface area contributed by atoms with Crippen LogP contribution in [0.25, 0.3) is 0 Å². The highest BCUT2D eigenvalue weighted by Crippen LogP contribution is 2.56. The van der Waals surface area contributed by atoms with Crippen molar-refractivity contribution in [2.75, 3.05) is 0 Å². The van der Waals surface area contributed by atoms with Gasteiger partial charge in [0.25, 0.3) is 0 Å². The molecule has 3 aliphatic rings. The predicted octanol–water partition coefficient (Wildman–Crippen LogP) is 4.39. The molecule has 0 aromatic rings. The monoisotopic (exact) mass is 250 g/mol. The second kappa shape index (κ2) is 4.23. The van der Waals surface area contributed by atoms with Crippen molar-refractivity contribution in [1.29, 1.82) is 0 Å². The number of hydrogen-bond donors (Lipinski definition) is 1. The summed E-state index contributed by atoms with van der Waals surface area (Å²) in [6.07, 6.45) is 10.6. The lowest BCUT2D eigenvalue weighted by atomic mass is 9.53. The van der Waals surface area contributed by atoms with E-state index >= 15 is 0 Å². The normalized spacial score (nSPS) is 51.3. The molecule has 0 saturated heterocycles. The second-order valence-electron chi connectivity index (χ2n) is 8.57. The fourth-order valence-corrected chi connectivity index (χ4v) is 5.48. The van der Waals surface area contributed by atoms with Crippen molar-refractivity contribution in [3.8, 4) is 0 Å². The summed E-state index contributed by atoms with van der Waals surface area (Å²) < 4.78 is 0. The third-order valence-electron chi connectivity index (χ3n) is 6.36. The van der Waals surface area contributed by atoms with Crippen LogP contribution in [0.4, 0.5) is 0 Å². The van der Waals surface area contributed by atoms with Gasteiger partial charge in [0.2, 0.25) is 0 Å². The Morgan fingerprint density at radius 3 is 2.00 bits per heavy atom. The van der Waals surface area contributed by atoms with Crippen LogP contribution < -0.4 is 0 Å². The molecule has 0 unspecified atom stereocenters. The maximum absolute atomic E-state index is 10.3. The van der Waals surface area contributed by atoms with E-state index in [1.54, 1.807) is 0 Å². The van der Waals surface area contributed by atoms with E-state index in [2.05, 4.69) is 20.8 Å². The van der Waals surface area contributed by atoms with Gasteiger partial charge in [-0.15, -0.1) is 0 Å². The first kappa shape index (κ1) is 13.0. The molecule has 3 rings (SSSR count). The minimum atomic E-state index is -0.359. The fourth-order valence-electron chi connectivity index (χ4n) is 5.48. The standard InChI is InChI=1S/C17H30O/c1-16(2)8-6-14-12(10-16)4-5-13-11-17(3,18)9-7-15(13)14/h12-15,18H,4-11H2,1-3H3/t12-,13+,14-,15-,17+/m0/s1. The highest BCUT2D eigenvalue weighted by atomic mass is 16.3. The molecule has 5 atom stereocenters. The summed E-state index contributed by atoms with van der Waals surface area (Å²) >= 11 is 0. The molecule has 18 heavy (non-hydrogen) atoms. The highest BCUT2D eigenvalue weighted by Gasteiger charge is 2.47. The van der Waals surface area contributed by atoms with Crippen LogP contribution in [0, 0.1) is 29.1 Å². The van der Waals surface area contributed by atoms with Crippen molar-refractivity contribution in [3.05, 3.63) is 0 Å². The lowest BCUT2D eigenvalue weighted by Gasteiger charge is -2.53. The van der Waals surface area contributed by atoms with E-state index in [-0.39, 0.29) is 5.60 Å². The van der Waals surface area contributed by atoms with Crippen LogP contribution in [0.5, 0.6) is 0 Å². The molecule has 0 bridgehead atoms. The predicted molar refractivity (Wildman–Crippen MR) is 75.3 cm³/mol. The van der Waals surface area contributed by atoms with Crippen molar-refractivity contribution in [1.82, 2.24) is 0 Å². The summed E-state index contributed by atoms with van der Waals surface area (Å²) in [7, 11) is 0. The molecule has 1 heteroatoms. The lowest BCUT2D eigenvalue weighted by Crippen LogP contribution is -2.46. The lowest BCUT2D eigenvalue weighted by molar-refractivity contribution is -0.0763. The topological polar surface area (TPSA) is 20.2 Å². The zero-order chi connectivity index (χ0) is 13.0. The first-order valence-corrected chi connectivity index (χ1v) is 8.09. The summed E-state index contributed by atoms with van der Waals surface area (Å²) in [5.41, 5.74) is 0.232. The molecular weight excluding hydrogens is 220 g/mol. The van der Waals surface area contributed by atoms with Gasteiger partial charge in [0.1, 0.15) is 0 Å². The fraction of sp³-hybridized carbons (Fsp3) is 1.00. The van der Waals surface area contributed by atoms with Crippen molar-refractivity contribution >= 4 is 0 Å². The Balaban J connectivity index is 1.72. The molecule has 3 aliphatic carbocycles. The minimum Gasteiger partial charge on any atom is -0.390 e. The average Bonchev–Trinajstić information content (AvgIpc) is 2.26. The van der Waals surface area contributed by atoms with Gasteiger partial charge in [0, 0.05) is 0 Å². The van der Waals surface area contributed by atoms with Crippen molar-refractivity contribution in [3.63, 3.8) is 0 Å². The Labute approximate surface area is 112 Å². The van der Waals surface area contributed by atoms with Gasteiger partial charge in [0.05, 0.1) is 5.60 Å². The van der Waals surface area contributed by atoms with E-state index in [0.717, 1.165) is 36.5 Å². The number of rotatable bonds is 0. The first-order chi connectivity index (χ1) is 8.36. The number of aliphatic hydroxyl groups is 1. The molecule has 0 radical (unpaired) electrons. The molecule has 0 aromatic carbocycles. The Bertz CT molecular complexity index is 286. The zero-order valence-corrected chi connectivity index (χ0v) is 12.4. The van der Waals surface area contributed by atoms with Crippen LogP contribution in [-0.4, -0.2) is 10.7 Å². The first-order valence-electron chi connectivity index (χ1n) is 8.09. The van der Waals surface area contributed by atoms with Crippen molar-refractivity contribution in [2.24, 2.45) is 29.1 Å². The second-order valence-corrected chi connectivity index (χ2v) is 8.57. The SMILES string of the molecule is CC1(C)CC[C@H]2[C@@H](CC[C@@H]3C[C@](C)(O)CC[C@@H]32)C1. The number of hydrogen-bond acceptors (Lipinski definition) is 1. The Morgan fingerprint density at radius 2 is 1.33 bits per heavy atom.